The summed E-state index contributed by atoms with van der Waals surface area (Å²) in [6.07, 6.45) is 6.27. The topological polar surface area (TPSA) is 30.2 Å². The maximum absolute atomic E-state index is 9.82. The SMILES string of the molecule is O=C/C=C/Cc1ccco1. The van der Waals surface area contributed by atoms with Crippen LogP contribution in [-0.4, -0.2) is 6.29 Å². The van der Waals surface area contributed by atoms with Gasteiger partial charge in [0.05, 0.1) is 6.26 Å². The van der Waals surface area contributed by atoms with Crippen LogP contribution in [0.2, 0.25) is 0 Å². The van der Waals surface area contributed by atoms with E-state index >= 15 is 0 Å². The van der Waals surface area contributed by atoms with Crippen LogP contribution < -0.4 is 0 Å². The van der Waals surface area contributed by atoms with Gasteiger partial charge in [0.2, 0.25) is 0 Å². The van der Waals surface area contributed by atoms with E-state index in [1.54, 1.807) is 12.3 Å². The fraction of sp³-hybridized carbons (Fsp3) is 0.125. The van der Waals surface area contributed by atoms with E-state index in [2.05, 4.69) is 0 Å². The molecular formula is C8H8O2. The summed E-state index contributed by atoms with van der Waals surface area (Å²) in [6, 6.07) is 3.69. The third-order valence-corrected chi connectivity index (χ3v) is 1.11. The Labute approximate surface area is 59.2 Å². The minimum atomic E-state index is 0.686. The molecule has 0 radical (unpaired) electrons. The van der Waals surface area contributed by atoms with Crippen LogP contribution in [0.25, 0.3) is 0 Å². The van der Waals surface area contributed by atoms with E-state index in [9.17, 15) is 4.79 Å². The first kappa shape index (κ1) is 6.81. The Kier molecular flexibility index (Phi) is 2.49. The Bertz CT molecular complexity index is 209. The monoisotopic (exact) mass is 136 g/mol. The molecule has 1 heterocycles. The zero-order valence-corrected chi connectivity index (χ0v) is 5.49. The van der Waals surface area contributed by atoms with Crippen molar-refractivity contribution in [2.24, 2.45) is 0 Å². The number of hydrogen-bond acceptors (Lipinski definition) is 2. The molecule has 2 heteroatoms. The molecular weight excluding hydrogens is 128 g/mol. The van der Waals surface area contributed by atoms with Gasteiger partial charge in [-0.3, -0.25) is 4.79 Å². The van der Waals surface area contributed by atoms with Crippen LogP contribution in [0, 0.1) is 0 Å². The molecule has 0 spiro atoms. The lowest BCUT2D eigenvalue weighted by Gasteiger charge is -1.83. The van der Waals surface area contributed by atoms with Crippen molar-refractivity contribution in [1.82, 2.24) is 0 Å². The summed E-state index contributed by atoms with van der Waals surface area (Å²) in [4.78, 5) is 9.82. The van der Waals surface area contributed by atoms with Gasteiger partial charge in [-0.05, 0) is 18.2 Å². The number of carbonyl (C=O) groups excluding carboxylic acids is 1. The minimum Gasteiger partial charge on any atom is -0.469 e. The molecule has 0 bridgehead atoms. The van der Waals surface area contributed by atoms with Crippen molar-refractivity contribution in [2.45, 2.75) is 6.42 Å². The summed E-state index contributed by atoms with van der Waals surface area (Å²) in [5, 5.41) is 0. The van der Waals surface area contributed by atoms with Gasteiger partial charge in [-0.25, -0.2) is 0 Å². The number of hydrogen-bond donors (Lipinski definition) is 0. The van der Waals surface area contributed by atoms with Gasteiger partial charge in [-0.2, -0.15) is 0 Å². The molecule has 0 aliphatic heterocycles. The van der Waals surface area contributed by atoms with Crippen molar-refractivity contribution in [3.8, 4) is 0 Å². The fourth-order valence-electron chi connectivity index (χ4n) is 0.668. The van der Waals surface area contributed by atoms with Gasteiger partial charge in [0, 0.05) is 6.42 Å². The van der Waals surface area contributed by atoms with Gasteiger partial charge < -0.3 is 4.42 Å². The van der Waals surface area contributed by atoms with E-state index in [0.717, 1.165) is 12.0 Å². The lowest BCUT2D eigenvalue weighted by molar-refractivity contribution is -0.104. The van der Waals surface area contributed by atoms with Gasteiger partial charge in [0.15, 0.2) is 0 Å². The van der Waals surface area contributed by atoms with Crippen LogP contribution in [0.4, 0.5) is 0 Å². The van der Waals surface area contributed by atoms with E-state index in [0.29, 0.717) is 6.42 Å². The largest absolute Gasteiger partial charge is 0.469 e. The molecule has 52 valence electrons. The first-order valence-electron chi connectivity index (χ1n) is 3.06. The lowest BCUT2D eigenvalue weighted by Crippen LogP contribution is -1.73. The molecule has 0 amide bonds. The quantitative estimate of drug-likeness (QED) is 0.466. The molecule has 2 nitrogen and oxygen atoms in total. The highest BCUT2D eigenvalue weighted by molar-refractivity contribution is 5.64. The van der Waals surface area contributed by atoms with Crippen molar-refractivity contribution in [3.63, 3.8) is 0 Å². The average Bonchev–Trinajstić information content (AvgIpc) is 2.41. The standard InChI is InChI=1S/C8H8O2/c9-6-2-1-4-8-5-3-7-10-8/h1-3,5-7H,4H2/b2-1+. The molecule has 0 unspecified atom stereocenters. The molecule has 1 aromatic heterocycles. The summed E-state index contributed by atoms with van der Waals surface area (Å²) >= 11 is 0. The molecule has 0 fully saturated rings. The Hall–Kier alpha value is -1.31. The van der Waals surface area contributed by atoms with Crippen molar-refractivity contribution in [1.29, 1.82) is 0 Å². The molecule has 0 aromatic carbocycles. The van der Waals surface area contributed by atoms with Crippen LogP contribution in [-0.2, 0) is 11.2 Å². The molecule has 0 aliphatic carbocycles. The summed E-state index contributed by atoms with van der Waals surface area (Å²) in [5.41, 5.74) is 0. The average molecular weight is 136 g/mol. The number of rotatable bonds is 3. The van der Waals surface area contributed by atoms with Crippen molar-refractivity contribution < 1.29 is 9.21 Å². The number of allylic oxidation sites excluding steroid dienone is 2. The molecule has 0 aliphatic rings. The zero-order chi connectivity index (χ0) is 7.23. The molecule has 0 N–H and O–H groups in total. The van der Waals surface area contributed by atoms with Gasteiger partial charge in [0.1, 0.15) is 12.0 Å². The molecule has 10 heavy (non-hydrogen) atoms. The van der Waals surface area contributed by atoms with Crippen LogP contribution in [0.1, 0.15) is 5.76 Å². The van der Waals surface area contributed by atoms with Crippen molar-refractivity contribution in [3.05, 3.63) is 36.3 Å². The summed E-state index contributed by atoms with van der Waals surface area (Å²) < 4.78 is 5.01. The predicted octanol–water partition coefficient (Wildman–Crippen LogP) is 1.58. The number of furan rings is 1. The smallest absolute Gasteiger partial charge is 0.142 e. The van der Waals surface area contributed by atoms with Crippen LogP contribution >= 0.6 is 0 Å². The van der Waals surface area contributed by atoms with Gasteiger partial charge in [0.25, 0.3) is 0 Å². The normalized spacial score (nSPS) is 10.4. The summed E-state index contributed by atoms with van der Waals surface area (Å²) in [5.74, 6) is 0.873. The first-order chi connectivity index (χ1) is 4.93. The zero-order valence-electron chi connectivity index (χ0n) is 5.49. The molecule has 0 atom stereocenters. The Balaban J connectivity index is 2.41. The van der Waals surface area contributed by atoms with Gasteiger partial charge >= 0.3 is 0 Å². The van der Waals surface area contributed by atoms with Crippen LogP contribution in [0.3, 0.4) is 0 Å². The first-order valence-corrected chi connectivity index (χ1v) is 3.06. The third kappa shape index (κ3) is 1.90. The fourth-order valence-corrected chi connectivity index (χ4v) is 0.668. The van der Waals surface area contributed by atoms with E-state index in [1.807, 2.05) is 12.1 Å². The Morgan fingerprint density at radius 3 is 3.10 bits per heavy atom. The highest BCUT2D eigenvalue weighted by atomic mass is 16.3. The number of aldehydes is 1. The van der Waals surface area contributed by atoms with E-state index in [-0.39, 0.29) is 0 Å². The van der Waals surface area contributed by atoms with Gasteiger partial charge in [-0.15, -0.1) is 0 Å². The van der Waals surface area contributed by atoms with Crippen LogP contribution in [0.5, 0.6) is 0 Å². The maximum atomic E-state index is 9.82. The predicted molar refractivity (Wildman–Crippen MR) is 37.6 cm³/mol. The summed E-state index contributed by atoms with van der Waals surface area (Å²) in [7, 11) is 0. The van der Waals surface area contributed by atoms with Gasteiger partial charge in [-0.1, -0.05) is 6.08 Å². The lowest BCUT2D eigenvalue weighted by atomic mass is 10.3. The van der Waals surface area contributed by atoms with Crippen LogP contribution in [0.15, 0.2) is 35.0 Å². The Morgan fingerprint density at radius 1 is 1.60 bits per heavy atom. The maximum Gasteiger partial charge on any atom is 0.142 e. The second-order valence-corrected chi connectivity index (χ2v) is 1.85. The molecule has 0 saturated carbocycles. The minimum absolute atomic E-state index is 0.686. The van der Waals surface area contributed by atoms with E-state index in [1.165, 1.54) is 6.08 Å². The van der Waals surface area contributed by atoms with E-state index < -0.39 is 0 Å². The molecule has 1 aromatic rings. The molecule has 1 rings (SSSR count). The second kappa shape index (κ2) is 3.67. The van der Waals surface area contributed by atoms with E-state index in [4.69, 9.17) is 4.42 Å². The third-order valence-electron chi connectivity index (χ3n) is 1.11. The highest BCUT2D eigenvalue weighted by Gasteiger charge is 1.88. The van der Waals surface area contributed by atoms with Crippen molar-refractivity contribution >= 4 is 6.29 Å². The Morgan fingerprint density at radius 2 is 2.50 bits per heavy atom. The second-order valence-electron chi connectivity index (χ2n) is 1.85. The molecule has 0 saturated heterocycles. The highest BCUT2D eigenvalue weighted by Crippen LogP contribution is 2.00. The summed E-state index contributed by atoms with van der Waals surface area (Å²) in [6.45, 7) is 0. The van der Waals surface area contributed by atoms with Crippen molar-refractivity contribution in [2.75, 3.05) is 0 Å². The number of carbonyl (C=O) groups is 1.